The third-order valence-corrected chi connectivity index (χ3v) is 4.40. The average Bonchev–Trinajstić information content (AvgIpc) is 3.25. The van der Waals surface area contributed by atoms with Crippen LogP contribution in [0.15, 0.2) is 67.0 Å². The third kappa shape index (κ3) is 4.06. The van der Waals surface area contributed by atoms with Gasteiger partial charge in [-0.25, -0.2) is 9.97 Å². The van der Waals surface area contributed by atoms with E-state index in [0.29, 0.717) is 28.7 Å². The average molecular weight is 360 g/mol. The molecule has 0 atom stereocenters. The maximum atomic E-state index is 12.6. The van der Waals surface area contributed by atoms with Gasteiger partial charge in [-0.2, -0.15) is 0 Å². The standard InChI is InChI=1S/C21H20N4O2/c26-20(16-14-22-21(23-15-16)25-12-6-7-13-25)24-18-10-4-5-11-19(18)27-17-8-2-1-3-9-17/h1-5,8-11,14-15H,6-7,12-13H2,(H,24,26). The molecular formula is C21H20N4O2. The molecule has 1 aliphatic heterocycles. The lowest BCUT2D eigenvalue weighted by Gasteiger charge is -2.15. The monoisotopic (exact) mass is 360 g/mol. The van der Waals surface area contributed by atoms with E-state index in [1.165, 1.54) is 0 Å². The normalized spacial score (nSPS) is 13.4. The van der Waals surface area contributed by atoms with Crippen molar-refractivity contribution in [1.29, 1.82) is 0 Å². The van der Waals surface area contributed by atoms with Crippen molar-refractivity contribution >= 4 is 17.5 Å². The minimum Gasteiger partial charge on any atom is -0.455 e. The van der Waals surface area contributed by atoms with Crippen LogP contribution in [0.1, 0.15) is 23.2 Å². The Labute approximate surface area is 157 Å². The first-order valence-corrected chi connectivity index (χ1v) is 9.00. The number of rotatable bonds is 5. The molecule has 1 fully saturated rings. The van der Waals surface area contributed by atoms with Crippen LogP contribution in [0.2, 0.25) is 0 Å². The van der Waals surface area contributed by atoms with E-state index >= 15 is 0 Å². The van der Waals surface area contributed by atoms with E-state index in [9.17, 15) is 4.79 Å². The molecule has 2 heterocycles. The van der Waals surface area contributed by atoms with Gasteiger partial charge in [0.05, 0.1) is 11.3 Å². The largest absolute Gasteiger partial charge is 0.455 e. The second-order valence-electron chi connectivity index (χ2n) is 6.33. The van der Waals surface area contributed by atoms with Gasteiger partial charge in [0.2, 0.25) is 5.95 Å². The molecule has 0 unspecified atom stereocenters. The van der Waals surface area contributed by atoms with Crippen LogP contribution in [0, 0.1) is 0 Å². The Balaban J connectivity index is 1.48. The number of nitrogens with one attached hydrogen (secondary N) is 1. The molecule has 0 radical (unpaired) electrons. The molecule has 1 aliphatic rings. The predicted molar refractivity (Wildman–Crippen MR) is 104 cm³/mol. The number of benzene rings is 2. The van der Waals surface area contributed by atoms with Crippen molar-refractivity contribution in [1.82, 2.24) is 9.97 Å². The summed E-state index contributed by atoms with van der Waals surface area (Å²) in [5.41, 5.74) is 1.00. The van der Waals surface area contributed by atoms with Gasteiger partial charge in [-0.15, -0.1) is 0 Å². The zero-order chi connectivity index (χ0) is 18.5. The smallest absolute Gasteiger partial charge is 0.258 e. The van der Waals surface area contributed by atoms with Gasteiger partial charge < -0.3 is 15.0 Å². The summed E-state index contributed by atoms with van der Waals surface area (Å²) in [5.74, 6) is 1.69. The van der Waals surface area contributed by atoms with Crippen molar-refractivity contribution in [3.63, 3.8) is 0 Å². The van der Waals surface area contributed by atoms with Gasteiger partial charge in [0.25, 0.3) is 5.91 Å². The second-order valence-corrected chi connectivity index (χ2v) is 6.33. The molecule has 0 spiro atoms. The van der Waals surface area contributed by atoms with Crippen LogP contribution in [-0.4, -0.2) is 29.0 Å². The van der Waals surface area contributed by atoms with E-state index in [1.807, 2.05) is 48.5 Å². The van der Waals surface area contributed by atoms with Gasteiger partial charge in [-0.3, -0.25) is 4.79 Å². The van der Waals surface area contributed by atoms with Gasteiger partial charge in [0.1, 0.15) is 5.75 Å². The minimum atomic E-state index is -0.271. The molecule has 27 heavy (non-hydrogen) atoms. The number of carbonyl (C=O) groups is 1. The van der Waals surface area contributed by atoms with Crippen LogP contribution in [0.4, 0.5) is 11.6 Å². The van der Waals surface area contributed by atoms with Crippen LogP contribution in [0.25, 0.3) is 0 Å². The number of hydrogen-bond donors (Lipinski definition) is 1. The van der Waals surface area contributed by atoms with Crippen LogP contribution >= 0.6 is 0 Å². The quantitative estimate of drug-likeness (QED) is 0.741. The third-order valence-electron chi connectivity index (χ3n) is 4.40. The maximum absolute atomic E-state index is 12.6. The summed E-state index contributed by atoms with van der Waals surface area (Å²) in [7, 11) is 0. The lowest BCUT2D eigenvalue weighted by molar-refractivity contribution is 0.102. The maximum Gasteiger partial charge on any atom is 0.258 e. The highest BCUT2D eigenvalue weighted by Crippen LogP contribution is 2.29. The van der Waals surface area contributed by atoms with E-state index in [-0.39, 0.29) is 5.91 Å². The van der Waals surface area contributed by atoms with E-state index in [1.54, 1.807) is 18.5 Å². The number of hydrogen-bond acceptors (Lipinski definition) is 5. The Bertz CT molecular complexity index is 907. The molecule has 0 aliphatic carbocycles. The highest BCUT2D eigenvalue weighted by Gasteiger charge is 2.16. The number of ether oxygens (including phenoxy) is 1. The number of nitrogens with zero attached hydrogens (tertiary/aromatic N) is 3. The first-order valence-electron chi connectivity index (χ1n) is 9.00. The Hall–Kier alpha value is -3.41. The van der Waals surface area contributed by atoms with Crippen LogP contribution in [0.3, 0.4) is 0 Å². The molecule has 2 aromatic carbocycles. The lowest BCUT2D eigenvalue weighted by Crippen LogP contribution is -2.21. The van der Waals surface area contributed by atoms with E-state index < -0.39 is 0 Å². The highest BCUT2D eigenvalue weighted by atomic mass is 16.5. The summed E-state index contributed by atoms with van der Waals surface area (Å²) in [5, 5.41) is 2.88. The number of para-hydroxylation sites is 3. The summed E-state index contributed by atoms with van der Waals surface area (Å²) >= 11 is 0. The molecule has 0 saturated carbocycles. The first-order chi connectivity index (χ1) is 13.3. The zero-order valence-electron chi connectivity index (χ0n) is 14.8. The van der Waals surface area contributed by atoms with Crippen LogP contribution in [-0.2, 0) is 0 Å². The van der Waals surface area contributed by atoms with Gasteiger partial charge in [0.15, 0.2) is 5.75 Å². The fourth-order valence-corrected chi connectivity index (χ4v) is 2.99. The Morgan fingerprint density at radius 3 is 2.33 bits per heavy atom. The number of carbonyl (C=O) groups excluding carboxylic acids is 1. The molecule has 6 heteroatoms. The predicted octanol–water partition coefficient (Wildman–Crippen LogP) is 4.12. The highest BCUT2D eigenvalue weighted by molar-refractivity contribution is 6.04. The van der Waals surface area contributed by atoms with E-state index in [4.69, 9.17) is 4.74 Å². The zero-order valence-corrected chi connectivity index (χ0v) is 14.8. The van der Waals surface area contributed by atoms with Crippen molar-refractivity contribution in [2.24, 2.45) is 0 Å². The second kappa shape index (κ2) is 7.86. The number of amides is 1. The van der Waals surface area contributed by atoms with Gasteiger partial charge in [-0.1, -0.05) is 30.3 Å². The SMILES string of the molecule is O=C(Nc1ccccc1Oc1ccccc1)c1cnc(N2CCCC2)nc1. The lowest BCUT2D eigenvalue weighted by atomic mass is 10.2. The molecule has 1 N–H and O–H groups in total. The van der Waals surface area contributed by atoms with E-state index in [0.717, 1.165) is 25.9 Å². The summed E-state index contributed by atoms with van der Waals surface area (Å²) in [6, 6.07) is 16.8. The van der Waals surface area contributed by atoms with Crippen molar-refractivity contribution in [3.8, 4) is 11.5 Å². The summed E-state index contributed by atoms with van der Waals surface area (Å²) in [6.45, 7) is 1.94. The number of anilines is 2. The number of aromatic nitrogens is 2. The molecule has 136 valence electrons. The molecule has 1 aromatic heterocycles. The Kier molecular flexibility index (Phi) is 4.96. The molecule has 1 amide bonds. The minimum absolute atomic E-state index is 0.271. The molecule has 3 aromatic rings. The van der Waals surface area contributed by atoms with Crippen molar-refractivity contribution in [2.45, 2.75) is 12.8 Å². The first kappa shape index (κ1) is 17.0. The fraction of sp³-hybridized carbons (Fsp3) is 0.190. The summed E-state index contributed by atoms with van der Waals surface area (Å²) in [4.78, 5) is 23.4. The molecule has 6 nitrogen and oxygen atoms in total. The summed E-state index contributed by atoms with van der Waals surface area (Å²) in [6.07, 6.45) is 5.45. The molecule has 0 bridgehead atoms. The van der Waals surface area contributed by atoms with Crippen molar-refractivity contribution in [2.75, 3.05) is 23.3 Å². The van der Waals surface area contributed by atoms with E-state index in [2.05, 4.69) is 20.2 Å². The van der Waals surface area contributed by atoms with Crippen molar-refractivity contribution in [3.05, 3.63) is 72.6 Å². The Morgan fingerprint density at radius 2 is 1.59 bits per heavy atom. The van der Waals surface area contributed by atoms with Crippen molar-refractivity contribution < 1.29 is 9.53 Å². The van der Waals surface area contributed by atoms with Gasteiger partial charge in [0, 0.05) is 25.5 Å². The molecule has 4 rings (SSSR count). The Morgan fingerprint density at radius 1 is 0.926 bits per heavy atom. The molecule has 1 saturated heterocycles. The fourth-order valence-electron chi connectivity index (χ4n) is 2.99. The molecular weight excluding hydrogens is 340 g/mol. The van der Waals surface area contributed by atoms with Gasteiger partial charge in [-0.05, 0) is 37.1 Å². The summed E-state index contributed by atoms with van der Waals surface area (Å²) < 4.78 is 5.88. The van der Waals surface area contributed by atoms with Crippen LogP contribution < -0.4 is 15.0 Å². The van der Waals surface area contributed by atoms with Crippen LogP contribution in [0.5, 0.6) is 11.5 Å². The van der Waals surface area contributed by atoms with Gasteiger partial charge >= 0.3 is 0 Å². The topological polar surface area (TPSA) is 67.3 Å².